The van der Waals surface area contributed by atoms with Gasteiger partial charge in [0.1, 0.15) is 0 Å². The Morgan fingerprint density at radius 3 is 2.53 bits per heavy atom. The molecule has 2 aromatic heterocycles. The third-order valence-corrected chi connectivity index (χ3v) is 9.29. The molecule has 12 nitrogen and oxygen atoms in total. The third kappa shape index (κ3) is 8.74. The van der Waals surface area contributed by atoms with Gasteiger partial charge in [0.25, 0.3) is 5.91 Å². The van der Waals surface area contributed by atoms with Crippen molar-refractivity contribution in [2.45, 2.75) is 26.2 Å². The number of aryl methyl sites for hydroxylation is 1. The summed E-state index contributed by atoms with van der Waals surface area (Å²) >= 11 is 6.10. The van der Waals surface area contributed by atoms with Crippen LogP contribution in [0.5, 0.6) is 5.88 Å². The number of aromatic amines is 1. The van der Waals surface area contributed by atoms with Crippen LogP contribution in [-0.4, -0.2) is 95.3 Å². The van der Waals surface area contributed by atoms with Gasteiger partial charge in [-0.05, 0) is 41.5 Å². The summed E-state index contributed by atoms with van der Waals surface area (Å²) in [5.74, 6) is -1.78. The molecule has 49 heavy (non-hydrogen) atoms. The van der Waals surface area contributed by atoms with Crippen LogP contribution in [0.2, 0.25) is 5.02 Å². The lowest BCUT2D eigenvalue weighted by Crippen LogP contribution is -2.54. The molecule has 0 bridgehead atoms. The highest BCUT2D eigenvalue weighted by Gasteiger charge is 2.48. The fourth-order valence-corrected chi connectivity index (χ4v) is 6.71. The van der Waals surface area contributed by atoms with Crippen LogP contribution in [0.25, 0.3) is 10.9 Å². The maximum absolute atomic E-state index is 13.5. The number of H-pyrrole nitrogens is 1. The third-order valence-electron chi connectivity index (χ3n) is 9.05. The summed E-state index contributed by atoms with van der Waals surface area (Å²) in [5.41, 5.74) is 3.26. The number of piperidine rings is 1. The Hall–Kier alpha value is -4.97. The number of hydrogen-bond acceptors (Lipinski definition) is 7. The molecule has 4 heterocycles. The summed E-state index contributed by atoms with van der Waals surface area (Å²) in [5, 5.41) is 6.68. The molecule has 3 unspecified atom stereocenters. The molecule has 258 valence electrons. The van der Waals surface area contributed by atoms with Crippen molar-refractivity contribution in [2.75, 3.05) is 46.9 Å². The second kappa shape index (κ2) is 16.4. The van der Waals surface area contributed by atoms with Crippen LogP contribution >= 0.6 is 11.6 Å². The molecule has 3 atom stereocenters. The molecule has 0 aliphatic carbocycles. The number of likely N-dealkylation sites (tertiary alicyclic amines) is 2. The van der Waals surface area contributed by atoms with Gasteiger partial charge in [-0.15, -0.1) is 0 Å². The van der Waals surface area contributed by atoms with Crippen LogP contribution < -0.4 is 15.4 Å². The number of ether oxygens (including phenoxy) is 1. The highest BCUT2D eigenvalue weighted by molar-refractivity contribution is 6.31. The minimum absolute atomic E-state index is 0.123. The van der Waals surface area contributed by atoms with Gasteiger partial charge in [-0.25, -0.2) is 4.98 Å². The van der Waals surface area contributed by atoms with Gasteiger partial charge in [0, 0.05) is 55.3 Å². The fourth-order valence-electron chi connectivity index (χ4n) is 6.53. The van der Waals surface area contributed by atoms with E-state index in [1.54, 1.807) is 28.1 Å². The van der Waals surface area contributed by atoms with Gasteiger partial charge in [0.05, 0.1) is 38.4 Å². The van der Waals surface area contributed by atoms with Gasteiger partial charge < -0.3 is 30.2 Å². The first kappa shape index (κ1) is 35.3. The van der Waals surface area contributed by atoms with Crippen molar-refractivity contribution in [3.8, 4) is 5.88 Å². The molecule has 2 aliphatic rings. The number of amides is 4. The molecule has 2 saturated heterocycles. The van der Waals surface area contributed by atoms with E-state index in [1.165, 1.54) is 45.0 Å². The lowest BCUT2D eigenvalue weighted by atomic mass is 9.79. The molecular weight excluding hydrogens is 646 g/mol. The van der Waals surface area contributed by atoms with Crippen LogP contribution in [0.4, 0.5) is 0 Å². The molecule has 6 rings (SSSR count). The zero-order chi connectivity index (χ0) is 34.9. The quantitative estimate of drug-likeness (QED) is 0.244. The Morgan fingerprint density at radius 1 is 1.02 bits per heavy atom. The number of aromatic nitrogens is 3. The maximum Gasteiger partial charge on any atom is 0.274 e. The number of halogens is 1. The number of fused-ring (bicyclic) bond motifs is 2. The van der Waals surface area contributed by atoms with Gasteiger partial charge in [0.2, 0.25) is 23.6 Å². The average molecular weight is 688 g/mol. The summed E-state index contributed by atoms with van der Waals surface area (Å²) in [7, 11) is 2.94. The Balaban J connectivity index is 0.000000452. The molecule has 13 heteroatoms. The minimum Gasteiger partial charge on any atom is -0.480 e. The summed E-state index contributed by atoms with van der Waals surface area (Å²) in [4.78, 5) is 66.6. The van der Waals surface area contributed by atoms with E-state index in [-0.39, 0.29) is 66.5 Å². The topological polar surface area (TPSA) is 150 Å². The highest BCUT2D eigenvalue weighted by Crippen LogP contribution is 2.36. The summed E-state index contributed by atoms with van der Waals surface area (Å²) in [6.45, 7) is 3.31. The number of rotatable bonds is 9. The molecule has 0 saturated carbocycles. The Morgan fingerprint density at radius 2 is 1.80 bits per heavy atom. The van der Waals surface area contributed by atoms with Crippen molar-refractivity contribution >= 4 is 46.1 Å². The number of carbonyl (C=O) groups excluding carboxylic acids is 4. The van der Waals surface area contributed by atoms with Crippen molar-refractivity contribution in [1.82, 2.24) is 35.4 Å². The van der Waals surface area contributed by atoms with Crippen LogP contribution in [0, 0.1) is 17.8 Å². The van der Waals surface area contributed by atoms with Gasteiger partial charge in [0.15, 0.2) is 5.69 Å². The first-order valence-electron chi connectivity index (χ1n) is 16.4. The Labute approximate surface area is 290 Å². The SMILES string of the molecule is CCCc1ccccc1.CNC(=O)CNC(=O)C1CN(C(=O)Cc2c[nH]c3cc(Cl)ccc23)CC2CN(C(=O)c3cncc(OC)n3)CC21. The van der Waals surface area contributed by atoms with Gasteiger partial charge in [-0.2, -0.15) is 0 Å². The number of benzene rings is 2. The lowest BCUT2D eigenvalue weighted by Gasteiger charge is -2.39. The monoisotopic (exact) mass is 687 g/mol. The van der Waals surface area contributed by atoms with E-state index in [2.05, 4.69) is 62.8 Å². The number of carbonyl (C=O) groups is 4. The predicted octanol–water partition coefficient (Wildman–Crippen LogP) is 3.51. The van der Waals surface area contributed by atoms with Crippen LogP contribution in [0.3, 0.4) is 0 Å². The first-order chi connectivity index (χ1) is 23.7. The molecular formula is C36H42ClN7O5. The van der Waals surface area contributed by atoms with Crippen LogP contribution in [-0.2, 0) is 27.2 Å². The minimum atomic E-state index is -0.594. The van der Waals surface area contributed by atoms with E-state index in [1.807, 2.05) is 6.07 Å². The standard InChI is InChI=1S/C27H30ClN7O5.C9H12/c1-29-23(36)9-32-26(38)20-14-34(25(37)5-15-7-31-21-6-17(28)3-4-18(15)21)11-16-12-35(13-19(16)20)27(39)22-8-30-10-24(33-22)40-2;1-2-6-9-7-4-3-5-8-9/h3-4,6-8,10,16,19-20,31H,5,9,11-14H2,1-2H3,(H,29,36)(H,32,38);3-5,7-8H,2,6H2,1H3. The van der Waals surface area contributed by atoms with Gasteiger partial charge >= 0.3 is 0 Å². The van der Waals surface area contributed by atoms with Crippen molar-refractivity contribution < 1.29 is 23.9 Å². The van der Waals surface area contributed by atoms with Crippen LogP contribution in [0.15, 0.2) is 67.1 Å². The first-order valence-corrected chi connectivity index (χ1v) is 16.8. The predicted molar refractivity (Wildman–Crippen MR) is 186 cm³/mol. The largest absolute Gasteiger partial charge is 0.480 e. The number of nitrogens with zero attached hydrogens (tertiary/aromatic N) is 4. The van der Waals surface area contributed by atoms with Crippen molar-refractivity contribution in [1.29, 1.82) is 0 Å². The molecule has 0 spiro atoms. The second-order valence-corrected chi connectivity index (χ2v) is 12.7. The number of likely N-dealkylation sites (N-methyl/N-ethyl adjacent to an activating group) is 1. The van der Waals surface area contributed by atoms with Gasteiger partial charge in [-0.3, -0.25) is 24.2 Å². The summed E-state index contributed by atoms with van der Waals surface area (Å²) < 4.78 is 5.10. The second-order valence-electron chi connectivity index (χ2n) is 12.3. The van der Waals surface area contributed by atoms with E-state index in [0.717, 1.165) is 16.5 Å². The summed E-state index contributed by atoms with van der Waals surface area (Å²) in [6, 6.07) is 16.0. The lowest BCUT2D eigenvalue weighted by molar-refractivity contribution is -0.139. The molecule has 2 aliphatic heterocycles. The Bertz CT molecular complexity index is 1780. The zero-order valence-corrected chi connectivity index (χ0v) is 28.7. The molecule has 0 radical (unpaired) electrons. The van der Waals surface area contributed by atoms with E-state index >= 15 is 0 Å². The molecule has 4 amide bonds. The smallest absolute Gasteiger partial charge is 0.274 e. The molecule has 3 N–H and O–H groups in total. The van der Waals surface area contributed by atoms with Gasteiger partial charge in [-0.1, -0.05) is 61.3 Å². The highest BCUT2D eigenvalue weighted by atomic mass is 35.5. The van der Waals surface area contributed by atoms with E-state index < -0.39 is 5.92 Å². The molecule has 2 fully saturated rings. The molecule has 2 aromatic carbocycles. The maximum atomic E-state index is 13.5. The number of nitrogens with one attached hydrogen (secondary N) is 3. The van der Waals surface area contributed by atoms with Crippen molar-refractivity contribution in [2.24, 2.45) is 17.8 Å². The average Bonchev–Trinajstić information content (AvgIpc) is 3.74. The van der Waals surface area contributed by atoms with E-state index in [4.69, 9.17) is 16.3 Å². The van der Waals surface area contributed by atoms with Crippen molar-refractivity contribution in [3.63, 3.8) is 0 Å². The molecule has 4 aromatic rings. The van der Waals surface area contributed by atoms with Crippen molar-refractivity contribution in [3.05, 3.63) is 89.0 Å². The number of hydrogen-bond donors (Lipinski definition) is 3. The fraction of sp³-hybridized carbons (Fsp3) is 0.389. The summed E-state index contributed by atoms with van der Waals surface area (Å²) in [6.07, 6.45) is 7.19. The number of methoxy groups -OCH3 is 1. The Kier molecular flexibility index (Phi) is 11.8. The normalized spacial score (nSPS) is 18.2. The van der Waals surface area contributed by atoms with E-state index in [0.29, 0.717) is 24.7 Å². The van der Waals surface area contributed by atoms with Crippen LogP contribution in [0.1, 0.15) is 35.0 Å². The van der Waals surface area contributed by atoms with E-state index in [9.17, 15) is 19.2 Å². The zero-order valence-electron chi connectivity index (χ0n) is 27.9.